The number of alkyl halides is 7. The smallest absolute Gasteiger partial charge is 0.460 e. The lowest BCUT2D eigenvalue weighted by molar-refractivity contribution is -0.344. The average molecular weight is 283 g/mol. The number of esters is 1. The molecule has 0 aromatic rings. The third-order valence-corrected chi connectivity index (χ3v) is 1.67. The lowest BCUT2D eigenvalue weighted by Crippen LogP contribution is -2.54. The summed E-state index contributed by atoms with van der Waals surface area (Å²) < 4.78 is 89.8. The fourth-order valence-electron chi connectivity index (χ4n) is 0.761. The highest BCUT2D eigenvalue weighted by atomic mass is 19.4. The third-order valence-electron chi connectivity index (χ3n) is 1.67. The Morgan fingerprint density at radius 1 is 1.17 bits per heavy atom. The van der Waals surface area contributed by atoms with Crippen molar-refractivity contribution in [1.29, 1.82) is 0 Å². The first-order valence-electron chi connectivity index (χ1n) is 4.34. The van der Waals surface area contributed by atoms with Gasteiger partial charge >= 0.3 is 24.0 Å². The Morgan fingerprint density at radius 3 is 1.94 bits per heavy atom. The van der Waals surface area contributed by atoms with Crippen molar-refractivity contribution in [1.82, 2.24) is 0 Å². The molecule has 0 bridgehead atoms. The molecule has 0 aliphatic heterocycles. The molecule has 0 saturated heterocycles. The molecule has 0 atom stereocenters. The zero-order chi connectivity index (χ0) is 14.8. The zero-order valence-electron chi connectivity index (χ0n) is 8.82. The lowest BCUT2D eigenvalue weighted by atomic mass is 10.1. The fraction of sp³-hybridized carbons (Fsp3) is 0.625. The highest BCUT2D eigenvalue weighted by molar-refractivity contribution is 5.82. The molecule has 0 spiro atoms. The van der Waals surface area contributed by atoms with Gasteiger partial charge in [-0.2, -0.15) is 30.7 Å². The number of hydrogen-bond donors (Lipinski definition) is 1. The summed E-state index contributed by atoms with van der Waals surface area (Å²) in [5.74, 6) is -13.7. The van der Waals surface area contributed by atoms with E-state index in [0.717, 1.165) is 0 Å². The van der Waals surface area contributed by atoms with Gasteiger partial charge in [-0.1, -0.05) is 0 Å². The molecule has 106 valence electrons. The van der Waals surface area contributed by atoms with E-state index in [1.807, 2.05) is 0 Å². The Morgan fingerprint density at radius 2 is 1.61 bits per heavy atom. The minimum Gasteiger partial charge on any atom is -0.463 e. The first-order valence-corrected chi connectivity index (χ1v) is 4.34. The Bertz CT molecular complexity index is 348. The summed E-state index contributed by atoms with van der Waals surface area (Å²) in [6.07, 6.45) is -6.83. The summed E-state index contributed by atoms with van der Waals surface area (Å²) in [4.78, 5) is 10.6. The van der Waals surface area contributed by atoms with E-state index in [9.17, 15) is 35.5 Å². The van der Waals surface area contributed by atoms with Gasteiger partial charge in [-0.3, -0.25) is 0 Å². The number of halogens is 7. The molecular formula is C8H8F7NO2. The Balaban J connectivity index is 5.33. The molecule has 0 aromatic carbocycles. The van der Waals surface area contributed by atoms with E-state index < -0.39 is 29.7 Å². The van der Waals surface area contributed by atoms with Gasteiger partial charge in [0.05, 0.1) is 12.3 Å². The molecule has 2 N–H and O–H groups in total. The maximum Gasteiger partial charge on any atom is 0.460 e. The van der Waals surface area contributed by atoms with Gasteiger partial charge in [-0.25, -0.2) is 4.79 Å². The molecule has 0 radical (unpaired) electrons. The highest BCUT2D eigenvalue weighted by Gasteiger charge is 2.74. The van der Waals surface area contributed by atoms with E-state index in [4.69, 9.17) is 0 Å². The Kier molecular flexibility index (Phi) is 4.61. The quantitative estimate of drug-likeness (QED) is 0.489. The second kappa shape index (κ2) is 5.02. The Hall–Kier alpha value is -1.48. The van der Waals surface area contributed by atoms with Crippen LogP contribution in [0.25, 0.3) is 0 Å². The minimum atomic E-state index is -6.51. The van der Waals surface area contributed by atoms with Crippen LogP contribution in [0.3, 0.4) is 0 Å². The normalized spacial score (nSPS) is 14.6. The summed E-state index contributed by atoms with van der Waals surface area (Å²) >= 11 is 0. The van der Waals surface area contributed by atoms with Crippen molar-refractivity contribution in [3.05, 3.63) is 11.8 Å². The third kappa shape index (κ3) is 3.05. The molecule has 18 heavy (non-hydrogen) atoms. The van der Waals surface area contributed by atoms with E-state index in [-0.39, 0.29) is 12.7 Å². The van der Waals surface area contributed by atoms with Crippen molar-refractivity contribution >= 4 is 5.97 Å². The van der Waals surface area contributed by atoms with E-state index in [1.165, 1.54) is 6.92 Å². The number of allylic oxidation sites excluding steroid dienone is 1. The van der Waals surface area contributed by atoms with Gasteiger partial charge in [-0.05, 0) is 6.92 Å². The van der Waals surface area contributed by atoms with Gasteiger partial charge in [0, 0.05) is 6.08 Å². The number of carbonyl (C=O) groups is 1. The number of hydrogen-bond acceptors (Lipinski definition) is 3. The predicted octanol–water partition coefficient (Wildman–Crippen LogP) is 2.23. The van der Waals surface area contributed by atoms with Gasteiger partial charge in [0.2, 0.25) is 0 Å². The van der Waals surface area contributed by atoms with E-state index >= 15 is 0 Å². The molecule has 0 unspecified atom stereocenters. The van der Waals surface area contributed by atoms with Crippen LogP contribution < -0.4 is 5.73 Å². The first-order chi connectivity index (χ1) is 7.88. The summed E-state index contributed by atoms with van der Waals surface area (Å²) in [7, 11) is 0. The van der Waals surface area contributed by atoms with Crippen LogP contribution in [0.2, 0.25) is 0 Å². The van der Waals surface area contributed by atoms with Crippen LogP contribution >= 0.6 is 0 Å². The maximum atomic E-state index is 12.8. The molecule has 0 saturated carbocycles. The molecule has 0 heterocycles. The van der Waals surface area contributed by atoms with Crippen LogP contribution in [-0.4, -0.2) is 30.6 Å². The number of rotatable bonds is 4. The van der Waals surface area contributed by atoms with Gasteiger partial charge in [-0.15, -0.1) is 0 Å². The highest BCUT2D eigenvalue weighted by Crippen LogP contribution is 2.48. The summed E-state index contributed by atoms with van der Waals surface area (Å²) in [6.45, 7) is 0.980. The zero-order valence-corrected chi connectivity index (χ0v) is 8.82. The van der Waals surface area contributed by atoms with Gasteiger partial charge in [0.15, 0.2) is 0 Å². The summed E-state index contributed by atoms with van der Waals surface area (Å²) in [5, 5.41) is 0. The average Bonchev–Trinajstić information content (AvgIpc) is 2.15. The molecule has 10 heteroatoms. The first kappa shape index (κ1) is 16.5. The van der Waals surface area contributed by atoms with Gasteiger partial charge in [0.1, 0.15) is 0 Å². The van der Waals surface area contributed by atoms with Crippen LogP contribution in [0.15, 0.2) is 11.8 Å². The van der Waals surface area contributed by atoms with Crippen LogP contribution in [0.5, 0.6) is 0 Å². The van der Waals surface area contributed by atoms with Crippen LogP contribution in [0.1, 0.15) is 6.92 Å². The molecule has 0 aromatic heterocycles. The van der Waals surface area contributed by atoms with Gasteiger partial charge < -0.3 is 10.5 Å². The molecule has 0 aliphatic carbocycles. The minimum absolute atomic E-state index is 0.288. The number of ether oxygens (including phenoxy) is 1. The standard InChI is InChI=1S/C8H8F7NO2/c1-2-18-5(17)3-4(16)6(9,10)7(11,12)8(13,14)15/h3H,2,16H2,1H3/b4-3+. The SMILES string of the molecule is CCOC(=O)/C=C(/N)C(F)(F)C(F)(F)C(F)(F)F. The van der Waals surface area contributed by atoms with Crippen molar-refractivity contribution in [3.63, 3.8) is 0 Å². The second-order valence-electron chi connectivity index (χ2n) is 3.00. The predicted molar refractivity (Wildman–Crippen MR) is 44.9 cm³/mol. The molecule has 0 aliphatic rings. The number of nitrogens with two attached hydrogens (primary N) is 1. The summed E-state index contributed by atoms with van der Waals surface area (Å²) in [5.41, 5.74) is 2.16. The van der Waals surface area contributed by atoms with Gasteiger partial charge in [0.25, 0.3) is 0 Å². The number of carbonyl (C=O) groups excluding carboxylic acids is 1. The molecule has 0 fully saturated rings. The fourth-order valence-corrected chi connectivity index (χ4v) is 0.761. The van der Waals surface area contributed by atoms with Crippen molar-refractivity contribution in [3.8, 4) is 0 Å². The van der Waals surface area contributed by atoms with Crippen molar-refractivity contribution < 1.29 is 40.3 Å². The van der Waals surface area contributed by atoms with Crippen molar-refractivity contribution in [2.45, 2.75) is 24.9 Å². The van der Waals surface area contributed by atoms with Crippen molar-refractivity contribution in [2.75, 3.05) is 6.61 Å². The molecule has 0 rings (SSSR count). The summed E-state index contributed by atoms with van der Waals surface area (Å²) in [6, 6.07) is 0. The largest absolute Gasteiger partial charge is 0.463 e. The van der Waals surface area contributed by atoms with Crippen LogP contribution in [0, 0.1) is 0 Å². The second-order valence-corrected chi connectivity index (χ2v) is 3.00. The van der Waals surface area contributed by atoms with E-state index in [2.05, 4.69) is 10.5 Å². The molecular weight excluding hydrogens is 275 g/mol. The molecule has 0 amide bonds. The van der Waals surface area contributed by atoms with Crippen LogP contribution in [-0.2, 0) is 9.53 Å². The van der Waals surface area contributed by atoms with E-state index in [1.54, 1.807) is 0 Å². The molecule has 3 nitrogen and oxygen atoms in total. The topological polar surface area (TPSA) is 52.3 Å². The lowest BCUT2D eigenvalue weighted by Gasteiger charge is -2.28. The maximum absolute atomic E-state index is 12.8. The monoisotopic (exact) mass is 283 g/mol. The van der Waals surface area contributed by atoms with Crippen LogP contribution in [0.4, 0.5) is 30.7 Å². The van der Waals surface area contributed by atoms with Crippen molar-refractivity contribution in [2.24, 2.45) is 5.73 Å². The Labute approximate surface area is 96.4 Å². The van der Waals surface area contributed by atoms with E-state index in [0.29, 0.717) is 0 Å².